The number of benzene rings is 1. The number of nitrogens with one attached hydrogen (secondary N) is 1. The normalized spacial score (nSPS) is 11.5. The third kappa shape index (κ3) is 4.78. The third-order valence-corrected chi connectivity index (χ3v) is 3.78. The van der Waals surface area contributed by atoms with E-state index in [4.69, 9.17) is 5.11 Å². The van der Waals surface area contributed by atoms with Gasteiger partial charge in [-0.2, -0.15) is 0 Å². The Hall–Kier alpha value is -1.76. The molecule has 1 aromatic carbocycles. The van der Waals surface area contributed by atoms with E-state index in [0.29, 0.717) is 6.42 Å². The van der Waals surface area contributed by atoms with Crippen molar-refractivity contribution in [1.82, 2.24) is 0 Å². The van der Waals surface area contributed by atoms with Gasteiger partial charge in [0, 0.05) is 5.69 Å². The fourth-order valence-electron chi connectivity index (χ4n) is 1.39. The Balaban J connectivity index is 2.88. The summed E-state index contributed by atoms with van der Waals surface area (Å²) in [5, 5.41) is 18.1. The lowest BCUT2D eigenvalue weighted by molar-refractivity contribution is 0.0694. The number of carbonyl (C=O) groups is 1. The number of sulfonamides is 1. The first-order valence-electron chi connectivity index (χ1n) is 5.78. The molecular formula is C12H17NO5S. The van der Waals surface area contributed by atoms with Gasteiger partial charge in [0.25, 0.3) is 0 Å². The number of phenols is 1. The molecule has 3 N–H and O–H groups in total. The molecule has 19 heavy (non-hydrogen) atoms. The van der Waals surface area contributed by atoms with Gasteiger partial charge in [0.2, 0.25) is 10.0 Å². The number of carboxylic acid groups (broad SMARTS) is 1. The fourth-order valence-corrected chi connectivity index (χ4v) is 2.76. The molecule has 0 bridgehead atoms. The standard InChI is InChI=1S/C12H17NO5S/c1-8(2)5-6-19(17,18)13-9-3-4-11(14)10(7-9)12(15)16/h3-4,7-8,13-14H,5-6H2,1-2H3,(H,15,16). The van der Waals surface area contributed by atoms with Crippen molar-refractivity contribution in [2.75, 3.05) is 10.5 Å². The molecule has 1 rings (SSSR count). The molecule has 0 aliphatic rings. The van der Waals surface area contributed by atoms with Crippen molar-refractivity contribution in [2.45, 2.75) is 20.3 Å². The van der Waals surface area contributed by atoms with Crippen LogP contribution in [0.1, 0.15) is 30.6 Å². The fraction of sp³-hybridized carbons (Fsp3) is 0.417. The number of aromatic hydroxyl groups is 1. The second-order valence-electron chi connectivity index (χ2n) is 4.64. The lowest BCUT2D eigenvalue weighted by Gasteiger charge is -2.10. The number of aromatic carboxylic acids is 1. The molecule has 0 amide bonds. The van der Waals surface area contributed by atoms with Gasteiger partial charge >= 0.3 is 5.97 Å². The van der Waals surface area contributed by atoms with Gasteiger partial charge in [-0.1, -0.05) is 13.8 Å². The summed E-state index contributed by atoms with van der Waals surface area (Å²) in [6, 6.07) is 3.54. The van der Waals surface area contributed by atoms with Gasteiger partial charge in [0.1, 0.15) is 11.3 Å². The lowest BCUT2D eigenvalue weighted by atomic mass is 10.2. The number of hydrogen-bond donors (Lipinski definition) is 3. The summed E-state index contributed by atoms with van der Waals surface area (Å²) in [5.74, 6) is -1.50. The highest BCUT2D eigenvalue weighted by Crippen LogP contribution is 2.22. The summed E-state index contributed by atoms with van der Waals surface area (Å²) in [7, 11) is -3.51. The molecule has 0 aliphatic carbocycles. The van der Waals surface area contributed by atoms with Gasteiger partial charge in [0.15, 0.2) is 0 Å². The van der Waals surface area contributed by atoms with Crippen molar-refractivity contribution in [3.05, 3.63) is 23.8 Å². The van der Waals surface area contributed by atoms with E-state index in [1.807, 2.05) is 13.8 Å². The summed E-state index contributed by atoms with van der Waals surface area (Å²) in [4.78, 5) is 10.8. The van der Waals surface area contributed by atoms with Crippen LogP contribution in [0.2, 0.25) is 0 Å². The van der Waals surface area contributed by atoms with Crippen LogP contribution in [0.15, 0.2) is 18.2 Å². The molecule has 0 aliphatic heterocycles. The van der Waals surface area contributed by atoms with Crippen molar-refractivity contribution in [2.24, 2.45) is 5.92 Å². The Labute approximate surface area is 112 Å². The highest BCUT2D eigenvalue weighted by Gasteiger charge is 2.15. The van der Waals surface area contributed by atoms with Crippen molar-refractivity contribution in [3.63, 3.8) is 0 Å². The highest BCUT2D eigenvalue weighted by molar-refractivity contribution is 7.92. The number of carboxylic acids is 1. The smallest absolute Gasteiger partial charge is 0.339 e. The largest absolute Gasteiger partial charge is 0.507 e. The van der Waals surface area contributed by atoms with Crippen molar-refractivity contribution in [3.8, 4) is 5.75 Å². The maximum Gasteiger partial charge on any atom is 0.339 e. The first kappa shape index (κ1) is 15.3. The molecule has 1 aromatic rings. The molecule has 0 radical (unpaired) electrons. The van der Waals surface area contributed by atoms with Crippen molar-refractivity contribution < 1.29 is 23.4 Å². The van der Waals surface area contributed by atoms with Gasteiger partial charge < -0.3 is 10.2 Å². The molecule has 0 heterocycles. The second kappa shape index (κ2) is 5.92. The molecule has 0 saturated carbocycles. The predicted octanol–water partition coefficient (Wildman–Crippen LogP) is 1.88. The van der Waals surface area contributed by atoms with Gasteiger partial charge in [-0.3, -0.25) is 4.72 Å². The van der Waals surface area contributed by atoms with Crippen LogP contribution < -0.4 is 4.72 Å². The average molecular weight is 287 g/mol. The monoisotopic (exact) mass is 287 g/mol. The van der Waals surface area contributed by atoms with Gasteiger partial charge in [0.05, 0.1) is 5.75 Å². The lowest BCUT2D eigenvalue weighted by Crippen LogP contribution is -2.18. The summed E-state index contributed by atoms with van der Waals surface area (Å²) in [5.41, 5.74) is -0.219. The van der Waals surface area contributed by atoms with Gasteiger partial charge in [-0.25, -0.2) is 13.2 Å². The van der Waals surface area contributed by atoms with Gasteiger partial charge in [-0.05, 0) is 30.5 Å². The van der Waals surface area contributed by atoms with E-state index in [2.05, 4.69) is 4.72 Å². The van der Waals surface area contributed by atoms with E-state index in [-0.39, 0.29) is 22.9 Å². The average Bonchev–Trinajstić information content (AvgIpc) is 2.28. The molecule has 7 heteroatoms. The van der Waals surface area contributed by atoms with Gasteiger partial charge in [-0.15, -0.1) is 0 Å². The summed E-state index contributed by atoms with van der Waals surface area (Å²) < 4.78 is 25.8. The van der Waals surface area contributed by atoms with Crippen molar-refractivity contribution in [1.29, 1.82) is 0 Å². The summed E-state index contributed by atoms with van der Waals surface area (Å²) >= 11 is 0. The van der Waals surface area contributed by atoms with Crippen LogP contribution in [-0.4, -0.2) is 30.4 Å². The minimum Gasteiger partial charge on any atom is -0.507 e. The predicted molar refractivity (Wildman–Crippen MR) is 71.9 cm³/mol. The topological polar surface area (TPSA) is 104 Å². The van der Waals surface area contributed by atoms with Crippen LogP contribution in [0.25, 0.3) is 0 Å². The SMILES string of the molecule is CC(C)CCS(=O)(=O)Nc1ccc(O)c(C(=O)O)c1. The minimum absolute atomic E-state index is 0.0338. The summed E-state index contributed by atoms with van der Waals surface area (Å²) in [6.45, 7) is 3.83. The van der Waals surface area contributed by atoms with E-state index >= 15 is 0 Å². The zero-order valence-electron chi connectivity index (χ0n) is 10.8. The minimum atomic E-state index is -3.51. The second-order valence-corrected chi connectivity index (χ2v) is 6.48. The van der Waals surface area contributed by atoms with Crippen LogP contribution in [0.4, 0.5) is 5.69 Å². The molecule has 6 nitrogen and oxygen atoms in total. The Morgan fingerprint density at radius 1 is 1.37 bits per heavy atom. The van der Waals surface area contributed by atoms with E-state index in [1.165, 1.54) is 6.07 Å². The van der Waals surface area contributed by atoms with E-state index < -0.39 is 21.7 Å². The molecule has 0 atom stereocenters. The van der Waals surface area contributed by atoms with Crippen LogP contribution in [0, 0.1) is 5.92 Å². The zero-order valence-corrected chi connectivity index (χ0v) is 11.6. The zero-order chi connectivity index (χ0) is 14.6. The van der Waals surface area contributed by atoms with E-state index in [9.17, 15) is 18.3 Å². The van der Waals surface area contributed by atoms with E-state index in [0.717, 1.165) is 12.1 Å². The highest BCUT2D eigenvalue weighted by atomic mass is 32.2. The molecule has 106 valence electrons. The van der Waals surface area contributed by atoms with Crippen LogP contribution >= 0.6 is 0 Å². The molecular weight excluding hydrogens is 270 g/mol. The maximum absolute atomic E-state index is 11.7. The molecule has 0 fully saturated rings. The molecule has 0 unspecified atom stereocenters. The first-order chi connectivity index (χ1) is 8.71. The number of rotatable bonds is 6. The quantitative estimate of drug-likeness (QED) is 0.693. The molecule has 0 aromatic heterocycles. The molecule has 0 spiro atoms. The first-order valence-corrected chi connectivity index (χ1v) is 7.43. The third-order valence-electron chi connectivity index (χ3n) is 2.46. The molecule has 0 saturated heterocycles. The van der Waals surface area contributed by atoms with Crippen LogP contribution in [0.3, 0.4) is 0 Å². The van der Waals surface area contributed by atoms with Crippen molar-refractivity contribution >= 4 is 21.7 Å². The Morgan fingerprint density at radius 2 is 2.00 bits per heavy atom. The van der Waals surface area contributed by atoms with E-state index in [1.54, 1.807) is 0 Å². The Kier molecular flexibility index (Phi) is 4.77. The maximum atomic E-state index is 11.7. The number of hydrogen-bond acceptors (Lipinski definition) is 4. The van der Waals surface area contributed by atoms with Crippen LogP contribution in [-0.2, 0) is 10.0 Å². The van der Waals surface area contributed by atoms with Crippen LogP contribution in [0.5, 0.6) is 5.75 Å². The summed E-state index contributed by atoms with van der Waals surface area (Å²) in [6.07, 6.45) is 0.513. The Morgan fingerprint density at radius 3 is 2.53 bits per heavy atom. The Bertz CT molecular complexity index is 565. The number of anilines is 1.